The van der Waals surface area contributed by atoms with Gasteiger partial charge in [0.25, 0.3) is 5.89 Å². The number of carbonyl (C=O) groups excluding carboxylic acids is 1. The maximum atomic E-state index is 15.3. The highest BCUT2D eigenvalue weighted by Crippen LogP contribution is 2.37. The van der Waals surface area contributed by atoms with Gasteiger partial charge in [0.2, 0.25) is 5.91 Å². The van der Waals surface area contributed by atoms with E-state index in [1.54, 1.807) is 24.3 Å². The maximum absolute atomic E-state index is 15.3. The van der Waals surface area contributed by atoms with Crippen LogP contribution < -0.4 is 15.5 Å². The van der Waals surface area contributed by atoms with Crippen LogP contribution in [0.25, 0.3) is 11.5 Å². The number of nitrogens with two attached hydrogens (primary N) is 1. The first kappa shape index (κ1) is 24.6. The van der Waals surface area contributed by atoms with E-state index in [0.29, 0.717) is 23.7 Å². The van der Waals surface area contributed by atoms with E-state index < -0.39 is 33.4 Å². The van der Waals surface area contributed by atoms with E-state index in [0.717, 1.165) is 19.2 Å². The summed E-state index contributed by atoms with van der Waals surface area (Å²) in [5, 5.41) is 8.57. The van der Waals surface area contributed by atoms with Crippen LogP contribution in [0, 0.1) is 5.82 Å². The van der Waals surface area contributed by atoms with Gasteiger partial charge in [0.1, 0.15) is 5.82 Å². The normalized spacial score (nSPS) is 20.3. The Morgan fingerprint density at radius 3 is 2.53 bits per heavy atom. The van der Waals surface area contributed by atoms with Crippen LogP contribution in [0.15, 0.2) is 45.7 Å². The Labute approximate surface area is 212 Å². The van der Waals surface area contributed by atoms with Crippen molar-refractivity contribution in [2.75, 3.05) is 48.8 Å². The predicted octanol–water partition coefficient (Wildman–Crippen LogP) is 1.93. The van der Waals surface area contributed by atoms with E-state index >= 15 is 4.39 Å². The van der Waals surface area contributed by atoms with Crippen molar-refractivity contribution in [3.05, 3.63) is 52.8 Å². The largest absolute Gasteiger partial charge is 0.403 e. The first-order chi connectivity index (χ1) is 17.1. The summed E-state index contributed by atoms with van der Waals surface area (Å²) in [5.41, 5.74) is 6.52. The average Bonchev–Trinajstić information content (AvgIpc) is 3.31. The van der Waals surface area contributed by atoms with Crippen molar-refractivity contribution in [3.8, 4) is 11.5 Å². The molecule has 0 spiro atoms. The predicted molar refractivity (Wildman–Crippen MR) is 132 cm³/mol. The number of rotatable bonds is 4. The zero-order valence-electron chi connectivity index (χ0n) is 19.4. The number of anilines is 2. The molecule has 10 nitrogen and oxygen atoms in total. The maximum Gasteiger partial charge on any atom is 0.318 e. The van der Waals surface area contributed by atoms with Gasteiger partial charge in [-0.3, -0.25) is 4.79 Å². The lowest BCUT2D eigenvalue weighted by molar-refractivity contribution is -0.119. The summed E-state index contributed by atoms with van der Waals surface area (Å²) in [5.74, 6) is -2.22. The minimum Gasteiger partial charge on any atom is -0.403 e. The third-order valence-corrected chi connectivity index (χ3v) is 8.38. The summed E-state index contributed by atoms with van der Waals surface area (Å²) in [6.07, 6.45) is 0. The van der Waals surface area contributed by atoms with Gasteiger partial charge in [-0.25, -0.2) is 12.8 Å². The molecular formula is C23H24ClFN6O4S. The van der Waals surface area contributed by atoms with Gasteiger partial charge in [0, 0.05) is 31.2 Å². The lowest BCUT2D eigenvalue weighted by atomic mass is 10.1. The zero-order valence-corrected chi connectivity index (χ0v) is 21.0. The third kappa shape index (κ3) is 4.69. The summed E-state index contributed by atoms with van der Waals surface area (Å²) in [7, 11) is -2.05. The smallest absolute Gasteiger partial charge is 0.318 e. The van der Waals surface area contributed by atoms with Crippen LogP contribution in [0.4, 0.5) is 16.1 Å². The summed E-state index contributed by atoms with van der Waals surface area (Å²) in [6.45, 7) is 2.97. The van der Waals surface area contributed by atoms with Crippen LogP contribution in [0.1, 0.15) is 5.56 Å². The monoisotopic (exact) mass is 534 g/mol. The SMILES string of the molecule is CN1CCN(c2nnc(-c3cc4c(cc3F)S(=O)(=O)C[C@H](N)C(=O)N4Cc3ccc(Cl)cc3)o2)CC1. The molecular weight excluding hydrogens is 511 g/mol. The van der Waals surface area contributed by atoms with Gasteiger partial charge in [0.15, 0.2) is 9.84 Å². The Balaban J connectivity index is 1.58. The molecule has 3 heterocycles. The Hall–Kier alpha value is -3.06. The van der Waals surface area contributed by atoms with Crippen molar-refractivity contribution in [2.24, 2.45) is 5.73 Å². The van der Waals surface area contributed by atoms with Crippen LogP contribution in [0.2, 0.25) is 5.02 Å². The van der Waals surface area contributed by atoms with Gasteiger partial charge in [-0.05, 0) is 36.9 Å². The molecule has 190 valence electrons. The van der Waals surface area contributed by atoms with Crippen LogP contribution in [0.5, 0.6) is 0 Å². The highest BCUT2D eigenvalue weighted by atomic mass is 35.5. The quantitative estimate of drug-likeness (QED) is 0.534. The Morgan fingerprint density at radius 1 is 1.14 bits per heavy atom. The Morgan fingerprint density at radius 2 is 1.83 bits per heavy atom. The Kier molecular flexibility index (Phi) is 6.45. The standard InChI is InChI=1S/C23H24ClFN6O4S/c1-29-6-8-30(9-7-29)23-28-27-21(35-23)16-10-19-20(11-17(16)25)36(33,34)13-18(26)22(32)31(19)12-14-2-4-15(24)5-3-14/h2-5,10-11,18H,6-9,12-13,26H2,1H3/t18-/m0/s1. The molecule has 1 aromatic heterocycles. The molecule has 5 rings (SSSR count). The summed E-state index contributed by atoms with van der Waals surface area (Å²) >= 11 is 5.97. The average molecular weight is 535 g/mol. The molecule has 0 unspecified atom stereocenters. The molecule has 0 aliphatic carbocycles. The number of halogens is 2. The fraction of sp³-hybridized carbons (Fsp3) is 0.348. The number of carbonyl (C=O) groups is 1. The van der Waals surface area contributed by atoms with Gasteiger partial charge < -0.3 is 24.9 Å². The van der Waals surface area contributed by atoms with Gasteiger partial charge in [0.05, 0.1) is 34.5 Å². The lowest BCUT2D eigenvalue weighted by Gasteiger charge is -2.30. The molecule has 2 aliphatic rings. The van der Waals surface area contributed by atoms with Crippen molar-refractivity contribution in [3.63, 3.8) is 0 Å². The second-order valence-corrected chi connectivity index (χ2v) is 11.4. The van der Waals surface area contributed by atoms with E-state index in [9.17, 15) is 13.2 Å². The van der Waals surface area contributed by atoms with Crippen LogP contribution in [-0.2, 0) is 21.2 Å². The van der Waals surface area contributed by atoms with E-state index in [2.05, 4.69) is 15.1 Å². The molecule has 2 N–H and O–H groups in total. The van der Waals surface area contributed by atoms with Gasteiger partial charge in [-0.1, -0.05) is 28.8 Å². The molecule has 13 heteroatoms. The van der Waals surface area contributed by atoms with E-state index in [1.165, 1.54) is 11.0 Å². The number of aromatic nitrogens is 2. The number of benzene rings is 2. The molecule has 0 saturated carbocycles. The van der Waals surface area contributed by atoms with Crippen molar-refractivity contribution < 1.29 is 22.0 Å². The zero-order chi connectivity index (χ0) is 25.6. The molecule has 3 aromatic rings. The van der Waals surface area contributed by atoms with Crippen molar-refractivity contribution in [1.29, 1.82) is 0 Å². The van der Waals surface area contributed by atoms with Crippen molar-refractivity contribution >= 4 is 39.0 Å². The highest BCUT2D eigenvalue weighted by molar-refractivity contribution is 7.91. The van der Waals surface area contributed by atoms with Crippen molar-refractivity contribution in [2.45, 2.75) is 17.5 Å². The van der Waals surface area contributed by atoms with Crippen LogP contribution in [0.3, 0.4) is 0 Å². The third-order valence-electron chi connectivity index (χ3n) is 6.33. The molecule has 2 aliphatic heterocycles. The number of hydrogen-bond acceptors (Lipinski definition) is 9. The molecule has 0 radical (unpaired) electrons. The fourth-order valence-electron chi connectivity index (χ4n) is 4.27. The second-order valence-electron chi connectivity index (χ2n) is 8.92. The first-order valence-corrected chi connectivity index (χ1v) is 13.3. The number of fused-ring (bicyclic) bond motifs is 1. The molecule has 1 fully saturated rings. The highest BCUT2D eigenvalue weighted by Gasteiger charge is 2.37. The molecule has 1 saturated heterocycles. The summed E-state index contributed by atoms with van der Waals surface area (Å²) < 4.78 is 47.1. The molecule has 0 bridgehead atoms. The van der Waals surface area contributed by atoms with Crippen LogP contribution in [-0.4, -0.2) is 74.4 Å². The molecule has 2 aromatic carbocycles. The lowest BCUT2D eigenvalue weighted by Crippen LogP contribution is -2.45. The summed E-state index contributed by atoms with van der Waals surface area (Å²) in [4.78, 5) is 18.2. The topological polar surface area (TPSA) is 126 Å². The van der Waals surface area contributed by atoms with E-state index in [-0.39, 0.29) is 34.6 Å². The van der Waals surface area contributed by atoms with E-state index in [1.807, 2.05) is 11.9 Å². The number of piperazine rings is 1. The molecule has 1 atom stereocenters. The molecule has 1 amide bonds. The fourth-order valence-corrected chi connectivity index (χ4v) is 5.96. The number of likely N-dealkylation sites (N-methyl/N-ethyl adjacent to an activating group) is 1. The Bertz CT molecular complexity index is 1410. The number of sulfone groups is 1. The minimum absolute atomic E-state index is 0.00125. The summed E-state index contributed by atoms with van der Waals surface area (Å²) in [6, 6.07) is 7.83. The van der Waals surface area contributed by atoms with Crippen LogP contribution >= 0.6 is 11.6 Å². The van der Waals surface area contributed by atoms with Gasteiger partial charge >= 0.3 is 6.01 Å². The number of hydrogen-bond donors (Lipinski definition) is 1. The minimum atomic E-state index is -4.06. The first-order valence-electron chi connectivity index (χ1n) is 11.3. The van der Waals surface area contributed by atoms with Crippen molar-refractivity contribution in [1.82, 2.24) is 15.1 Å². The molecule has 36 heavy (non-hydrogen) atoms. The van der Waals surface area contributed by atoms with Gasteiger partial charge in [-0.2, -0.15) is 0 Å². The van der Waals surface area contributed by atoms with E-state index in [4.69, 9.17) is 21.8 Å². The number of amides is 1. The second kappa shape index (κ2) is 9.43. The number of nitrogens with zero attached hydrogens (tertiary/aromatic N) is 5. The van der Waals surface area contributed by atoms with Gasteiger partial charge in [-0.15, -0.1) is 5.10 Å².